The van der Waals surface area contributed by atoms with Crippen LogP contribution >= 0.6 is 0 Å². The van der Waals surface area contributed by atoms with Crippen LogP contribution in [-0.4, -0.2) is 60.3 Å². The van der Waals surface area contributed by atoms with Gasteiger partial charge in [0.15, 0.2) is 0 Å². The smallest absolute Gasteiger partial charge is 0.307 e. The second-order valence-corrected chi connectivity index (χ2v) is 9.07. The Morgan fingerprint density at radius 1 is 1.19 bits per heavy atom. The summed E-state index contributed by atoms with van der Waals surface area (Å²) in [6, 6.07) is 2.90. The summed E-state index contributed by atoms with van der Waals surface area (Å²) in [6.07, 6.45) is 2.57. The second kappa shape index (κ2) is 7.55. The standard InChI is InChI=1S/C18H23FN2O5S/c1-12-4-5-13(18(23)24)11-21(12)27(25,26)14-6-7-15(16(19)10-14)17(22)20-8-2-3-9-20/h6-7,10,12-13H,2-5,8-9,11H2,1H3,(H,23,24). The molecule has 148 valence electrons. The molecule has 2 saturated heterocycles. The Labute approximate surface area is 157 Å². The summed E-state index contributed by atoms with van der Waals surface area (Å²) in [4.78, 5) is 24.9. The Balaban J connectivity index is 1.87. The van der Waals surface area contributed by atoms with Crippen LogP contribution in [0.1, 0.15) is 43.0 Å². The van der Waals surface area contributed by atoms with Crippen LogP contribution in [0.15, 0.2) is 23.1 Å². The normalized spacial score (nSPS) is 24.1. The van der Waals surface area contributed by atoms with Crippen molar-refractivity contribution in [3.8, 4) is 0 Å². The highest BCUT2D eigenvalue weighted by Gasteiger charge is 2.38. The maximum Gasteiger partial charge on any atom is 0.307 e. The highest BCUT2D eigenvalue weighted by Crippen LogP contribution is 2.29. The van der Waals surface area contributed by atoms with Crippen molar-refractivity contribution >= 4 is 21.9 Å². The van der Waals surface area contributed by atoms with E-state index >= 15 is 0 Å². The van der Waals surface area contributed by atoms with E-state index < -0.39 is 33.6 Å². The highest BCUT2D eigenvalue weighted by atomic mass is 32.2. The third kappa shape index (κ3) is 3.84. The number of amides is 1. The number of hydrogen-bond donors (Lipinski definition) is 1. The number of carboxylic acids is 1. The molecule has 2 atom stereocenters. The summed E-state index contributed by atoms with van der Waals surface area (Å²) in [5, 5.41) is 9.20. The first-order valence-electron chi connectivity index (χ1n) is 9.05. The van der Waals surface area contributed by atoms with Crippen LogP contribution in [0.2, 0.25) is 0 Å². The average molecular weight is 398 g/mol. The van der Waals surface area contributed by atoms with Crippen LogP contribution in [0.4, 0.5) is 4.39 Å². The lowest BCUT2D eigenvalue weighted by Gasteiger charge is -2.35. The molecule has 7 nitrogen and oxygen atoms in total. The summed E-state index contributed by atoms with van der Waals surface area (Å²) in [6.45, 7) is 2.70. The summed E-state index contributed by atoms with van der Waals surface area (Å²) in [5.41, 5.74) is -0.147. The molecule has 1 N–H and O–H groups in total. The van der Waals surface area contributed by atoms with Crippen molar-refractivity contribution in [1.29, 1.82) is 0 Å². The zero-order valence-electron chi connectivity index (χ0n) is 15.1. The van der Waals surface area contributed by atoms with Crippen LogP contribution in [0.5, 0.6) is 0 Å². The maximum atomic E-state index is 14.5. The summed E-state index contributed by atoms with van der Waals surface area (Å²) >= 11 is 0. The van der Waals surface area contributed by atoms with Crippen molar-refractivity contribution in [1.82, 2.24) is 9.21 Å². The lowest BCUT2D eigenvalue weighted by molar-refractivity contribution is -0.143. The van der Waals surface area contributed by atoms with Gasteiger partial charge in [0, 0.05) is 25.7 Å². The molecule has 0 aromatic heterocycles. The van der Waals surface area contributed by atoms with Gasteiger partial charge in [-0.05, 0) is 50.8 Å². The van der Waals surface area contributed by atoms with Crippen molar-refractivity contribution in [3.63, 3.8) is 0 Å². The molecule has 0 bridgehead atoms. The van der Waals surface area contributed by atoms with Gasteiger partial charge in [0.05, 0.1) is 16.4 Å². The Morgan fingerprint density at radius 3 is 2.44 bits per heavy atom. The molecule has 2 aliphatic heterocycles. The van der Waals surface area contributed by atoms with Gasteiger partial charge < -0.3 is 10.0 Å². The molecule has 0 radical (unpaired) electrons. The molecule has 2 unspecified atom stereocenters. The van der Waals surface area contributed by atoms with E-state index in [0.29, 0.717) is 25.9 Å². The second-order valence-electron chi connectivity index (χ2n) is 7.18. The van der Waals surface area contributed by atoms with Crippen LogP contribution in [0.3, 0.4) is 0 Å². The number of rotatable bonds is 4. The lowest BCUT2D eigenvalue weighted by atomic mass is 9.96. The summed E-state index contributed by atoms with van der Waals surface area (Å²) in [7, 11) is -4.06. The molecule has 27 heavy (non-hydrogen) atoms. The number of carbonyl (C=O) groups excluding carboxylic acids is 1. The van der Waals surface area contributed by atoms with Gasteiger partial charge >= 0.3 is 5.97 Å². The number of nitrogens with zero attached hydrogens (tertiary/aromatic N) is 2. The summed E-state index contributed by atoms with van der Waals surface area (Å²) < 4.78 is 41.5. The average Bonchev–Trinajstić information content (AvgIpc) is 3.15. The number of benzene rings is 1. The zero-order valence-corrected chi connectivity index (χ0v) is 15.9. The molecule has 0 aliphatic carbocycles. The van der Waals surface area contributed by atoms with Crippen molar-refractivity contribution in [2.45, 2.75) is 43.5 Å². The Bertz CT molecular complexity index is 851. The van der Waals surface area contributed by atoms with Gasteiger partial charge in [0.25, 0.3) is 5.91 Å². The first-order valence-corrected chi connectivity index (χ1v) is 10.5. The van der Waals surface area contributed by atoms with Gasteiger partial charge in [-0.3, -0.25) is 9.59 Å². The van der Waals surface area contributed by atoms with E-state index in [0.717, 1.165) is 23.2 Å². The maximum absolute atomic E-state index is 14.5. The minimum atomic E-state index is -4.06. The zero-order chi connectivity index (χ0) is 19.8. The molecular formula is C18H23FN2O5S. The fourth-order valence-electron chi connectivity index (χ4n) is 3.67. The van der Waals surface area contributed by atoms with Gasteiger partial charge in [-0.1, -0.05) is 0 Å². The molecule has 2 fully saturated rings. The van der Waals surface area contributed by atoms with Crippen molar-refractivity contribution in [2.75, 3.05) is 19.6 Å². The predicted octanol–water partition coefficient (Wildman–Crippen LogP) is 1.94. The first-order chi connectivity index (χ1) is 12.7. The number of hydrogen-bond acceptors (Lipinski definition) is 4. The predicted molar refractivity (Wildman–Crippen MR) is 95.3 cm³/mol. The van der Waals surface area contributed by atoms with Crippen LogP contribution in [0.25, 0.3) is 0 Å². The molecule has 9 heteroatoms. The van der Waals surface area contributed by atoms with Crippen molar-refractivity contribution < 1.29 is 27.5 Å². The first kappa shape index (κ1) is 19.8. The molecule has 0 saturated carbocycles. The Hall–Kier alpha value is -2.00. The molecule has 1 amide bonds. The van der Waals surface area contributed by atoms with Crippen molar-refractivity contribution in [2.24, 2.45) is 5.92 Å². The van der Waals surface area contributed by atoms with E-state index in [9.17, 15) is 27.5 Å². The van der Waals surface area contributed by atoms with Crippen LogP contribution in [0, 0.1) is 11.7 Å². The number of halogens is 1. The third-order valence-corrected chi connectivity index (χ3v) is 7.32. The molecule has 1 aromatic carbocycles. The van der Waals surface area contributed by atoms with E-state index in [1.165, 1.54) is 12.1 Å². The fourth-order valence-corrected chi connectivity index (χ4v) is 5.39. The minimum Gasteiger partial charge on any atom is -0.481 e. The largest absolute Gasteiger partial charge is 0.481 e. The number of sulfonamides is 1. The van der Waals surface area contributed by atoms with E-state index in [4.69, 9.17) is 0 Å². The van der Waals surface area contributed by atoms with Crippen LogP contribution in [-0.2, 0) is 14.8 Å². The number of aliphatic carboxylic acids is 1. The number of carboxylic acid groups (broad SMARTS) is 1. The Morgan fingerprint density at radius 2 is 1.85 bits per heavy atom. The number of carbonyl (C=O) groups is 2. The third-order valence-electron chi connectivity index (χ3n) is 5.34. The summed E-state index contributed by atoms with van der Waals surface area (Å²) in [5.74, 6) is -3.14. The van der Waals surface area contributed by atoms with Gasteiger partial charge in [-0.15, -0.1) is 0 Å². The minimum absolute atomic E-state index is 0.144. The van der Waals surface area contributed by atoms with Crippen molar-refractivity contribution in [3.05, 3.63) is 29.6 Å². The van der Waals surface area contributed by atoms with Gasteiger partial charge in [0.1, 0.15) is 5.82 Å². The van der Waals surface area contributed by atoms with Crippen LogP contribution < -0.4 is 0 Å². The van der Waals surface area contributed by atoms with Gasteiger partial charge in [0.2, 0.25) is 10.0 Å². The highest BCUT2D eigenvalue weighted by molar-refractivity contribution is 7.89. The van der Waals surface area contributed by atoms with E-state index in [1.807, 2.05) is 0 Å². The number of piperidine rings is 1. The topological polar surface area (TPSA) is 95.0 Å². The number of likely N-dealkylation sites (tertiary alicyclic amines) is 1. The van der Waals surface area contributed by atoms with E-state index in [-0.39, 0.29) is 23.0 Å². The monoisotopic (exact) mass is 398 g/mol. The molecule has 0 spiro atoms. The van der Waals surface area contributed by atoms with E-state index in [1.54, 1.807) is 11.8 Å². The molecule has 1 aromatic rings. The fraction of sp³-hybridized carbons (Fsp3) is 0.556. The molecular weight excluding hydrogens is 375 g/mol. The quantitative estimate of drug-likeness (QED) is 0.836. The Kier molecular flexibility index (Phi) is 5.53. The lowest BCUT2D eigenvalue weighted by Crippen LogP contribution is -2.47. The van der Waals surface area contributed by atoms with Gasteiger partial charge in [-0.2, -0.15) is 4.31 Å². The van der Waals surface area contributed by atoms with Gasteiger partial charge in [-0.25, -0.2) is 12.8 Å². The van der Waals surface area contributed by atoms with E-state index in [2.05, 4.69) is 0 Å². The molecule has 3 rings (SSSR count). The SMILES string of the molecule is CC1CCC(C(=O)O)CN1S(=O)(=O)c1ccc(C(=O)N2CCCC2)c(F)c1. The molecule has 2 heterocycles. The molecule has 2 aliphatic rings.